The van der Waals surface area contributed by atoms with E-state index in [4.69, 9.17) is 0 Å². The van der Waals surface area contributed by atoms with E-state index in [0.717, 1.165) is 13.1 Å². The van der Waals surface area contributed by atoms with Crippen LogP contribution in [0.3, 0.4) is 0 Å². The SMILES string of the molecule is CCN(CC)[S+](C)c1ccccc1.F[B-](F)(F)F. The van der Waals surface area contributed by atoms with Crippen molar-refractivity contribution in [1.29, 1.82) is 0 Å². The Morgan fingerprint density at radius 2 is 1.39 bits per heavy atom. The minimum Gasteiger partial charge on any atom is -0.418 e. The first-order valence-electron chi connectivity index (χ1n) is 5.63. The van der Waals surface area contributed by atoms with Crippen molar-refractivity contribution in [2.75, 3.05) is 19.3 Å². The fourth-order valence-corrected chi connectivity index (χ4v) is 3.00. The third kappa shape index (κ3) is 8.41. The Labute approximate surface area is 109 Å². The van der Waals surface area contributed by atoms with E-state index in [1.807, 2.05) is 0 Å². The molecule has 0 bridgehead atoms. The van der Waals surface area contributed by atoms with Crippen molar-refractivity contribution in [3.8, 4) is 0 Å². The largest absolute Gasteiger partial charge is 0.673 e. The van der Waals surface area contributed by atoms with Crippen LogP contribution in [-0.4, -0.2) is 30.9 Å². The normalized spacial score (nSPS) is 12.9. The van der Waals surface area contributed by atoms with Crippen molar-refractivity contribution < 1.29 is 17.3 Å². The predicted octanol–water partition coefficient (Wildman–Crippen LogP) is 3.85. The lowest BCUT2D eigenvalue weighted by molar-refractivity contribution is 0.368. The van der Waals surface area contributed by atoms with E-state index in [0.29, 0.717) is 0 Å². The van der Waals surface area contributed by atoms with Crippen LogP contribution >= 0.6 is 0 Å². The van der Waals surface area contributed by atoms with Crippen LogP contribution in [0.15, 0.2) is 35.2 Å². The second kappa shape index (κ2) is 8.42. The molecule has 0 radical (unpaired) electrons. The first-order chi connectivity index (χ1) is 8.29. The third-order valence-electron chi connectivity index (χ3n) is 2.18. The highest BCUT2D eigenvalue weighted by molar-refractivity contribution is 7.94. The highest BCUT2D eigenvalue weighted by atomic mass is 32.2. The smallest absolute Gasteiger partial charge is 0.418 e. The van der Waals surface area contributed by atoms with Crippen LogP contribution in [0.5, 0.6) is 0 Å². The minimum absolute atomic E-state index is 0.262. The van der Waals surface area contributed by atoms with Crippen LogP contribution in [0.2, 0.25) is 0 Å². The molecular weight excluding hydrogens is 265 g/mol. The standard InChI is InChI=1S/C11H18NS.BF4/c1-4-12(5-2)13(3)11-9-7-6-8-10-11;2-1(3,4)5/h6-10H,4-5H2,1-3H3;/q+1;-1. The Balaban J connectivity index is 0.000000494. The van der Waals surface area contributed by atoms with E-state index >= 15 is 0 Å². The fraction of sp³-hybridized carbons (Fsp3) is 0.455. The molecule has 104 valence electrons. The number of hydrogen-bond donors (Lipinski definition) is 0. The molecule has 1 nitrogen and oxygen atoms in total. The average molecular weight is 283 g/mol. The summed E-state index contributed by atoms with van der Waals surface area (Å²) in [6.45, 7) is 6.70. The second-order valence-corrected chi connectivity index (χ2v) is 5.34. The molecule has 1 aromatic rings. The number of rotatable bonds is 4. The van der Waals surface area contributed by atoms with Gasteiger partial charge >= 0.3 is 7.25 Å². The van der Waals surface area contributed by atoms with Gasteiger partial charge in [0.25, 0.3) is 0 Å². The molecule has 0 saturated heterocycles. The van der Waals surface area contributed by atoms with E-state index < -0.39 is 7.25 Å². The van der Waals surface area contributed by atoms with Gasteiger partial charge in [-0.2, -0.15) is 0 Å². The summed E-state index contributed by atoms with van der Waals surface area (Å²) < 4.78 is 41.5. The van der Waals surface area contributed by atoms with Gasteiger partial charge in [0, 0.05) is 13.1 Å². The van der Waals surface area contributed by atoms with E-state index in [1.165, 1.54) is 4.90 Å². The van der Waals surface area contributed by atoms with Gasteiger partial charge in [-0.15, -0.1) is 4.31 Å². The zero-order valence-electron chi connectivity index (χ0n) is 10.7. The molecule has 0 aliphatic carbocycles. The maximum atomic E-state index is 9.75. The molecular formula is C11H18BF4NS. The van der Waals surface area contributed by atoms with E-state index in [-0.39, 0.29) is 11.1 Å². The van der Waals surface area contributed by atoms with E-state index in [9.17, 15) is 17.3 Å². The third-order valence-corrected chi connectivity index (χ3v) is 4.42. The molecule has 7 heteroatoms. The van der Waals surface area contributed by atoms with Crippen LogP contribution in [0, 0.1) is 0 Å². The summed E-state index contributed by atoms with van der Waals surface area (Å²) in [5.74, 6) is 0. The Kier molecular flexibility index (Phi) is 8.10. The maximum absolute atomic E-state index is 9.75. The van der Waals surface area contributed by atoms with Crippen LogP contribution in [-0.2, 0) is 11.1 Å². The molecule has 0 aromatic heterocycles. The number of benzene rings is 1. The van der Waals surface area contributed by atoms with Crippen LogP contribution < -0.4 is 0 Å². The Hall–Kier alpha value is -0.685. The molecule has 1 atom stereocenters. The van der Waals surface area contributed by atoms with Gasteiger partial charge in [-0.1, -0.05) is 18.2 Å². The Morgan fingerprint density at radius 3 is 1.72 bits per heavy atom. The fourth-order valence-electron chi connectivity index (χ4n) is 1.38. The van der Waals surface area contributed by atoms with Crippen LogP contribution in [0.4, 0.5) is 17.3 Å². The highest BCUT2D eigenvalue weighted by Gasteiger charge is 2.22. The van der Waals surface area contributed by atoms with Crippen molar-refractivity contribution >= 4 is 18.3 Å². The van der Waals surface area contributed by atoms with Gasteiger partial charge in [0.2, 0.25) is 0 Å². The molecule has 0 amide bonds. The van der Waals surface area contributed by atoms with Gasteiger partial charge in [0.05, 0.1) is 0 Å². The molecule has 1 rings (SSSR count). The topological polar surface area (TPSA) is 3.24 Å². The van der Waals surface area contributed by atoms with Gasteiger partial charge in [-0.3, -0.25) is 0 Å². The Bertz CT molecular complexity index is 311. The monoisotopic (exact) mass is 283 g/mol. The van der Waals surface area contributed by atoms with E-state index in [1.54, 1.807) is 0 Å². The lowest BCUT2D eigenvalue weighted by Crippen LogP contribution is -2.29. The summed E-state index contributed by atoms with van der Waals surface area (Å²) in [5.41, 5.74) is 0. The first kappa shape index (κ1) is 17.3. The van der Waals surface area contributed by atoms with Crippen LogP contribution in [0.1, 0.15) is 13.8 Å². The minimum atomic E-state index is -6.00. The molecule has 1 aromatic carbocycles. The van der Waals surface area contributed by atoms with Gasteiger partial charge in [-0.25, -0.2) is 0 Å². The zero-order valence-corrected chi connectivity index (χ0v) is 11.6. The van der Waals surface area contributed by atoms with Gasteiger partial charge < -0.3 is 17.3 Å². The molecule has 0 saturated carbocycles. The summed E-state index contributed by atoms with van der Waals surface area (Å²) in [5, 5.41) is 0. The second-order valence-electron chi connectivity index (χ2n) is 3.40. The quantitative estimate of drug-likeness (QED) is 0.461. The maximum Gasteiger partial charge on any atom is 0.673 e. The molecule has 0 heterocycles. The van der Waals surface area contributed by atoms with Gasteiger partial charge in [-0.05, 0) is 26.0 Å². The molecule has 0 spiro atoms. The molecule has 1 unspecified atom stereocenters. The van der Waals surface area contributed by atoms with Crippen molar-refractivity contribution in [1.82, 2.24) is 4.31 Å². The predicted molar refractivity (Wildman–Crippen MR) is 71.1 cm³/mol. The van der Waals surface area contributed by atoms with Crippen molar-refractivity contribution in [2.24, 2.45) is 0 Å². The molecule has 0 aliphatic heterocycles. The molecule has 0 fully saturated rings. The zero-order chi connectivity index (χ0) is 14.2. The highest BCUT2D eigenvalue weighted by Crippen LogP contribution is 2.14. The number of nitrogens with zero attached hydrogens (tertiary/aromatic N) is 1. The van der Waals surface area contributed by atoms with Crippen molar-refractivity contribution in [2.45, 2.75) is 18.7 Å². The lowest BCUT2D eigenvalue weighted by Gasteiger charge is -2.15. The Morgan fingerprint density at radius 1 is 1.00 bits per heavy atom. The molecule has 18 heavy (non-hydrogen) atoms. The summed E-state index contributed by atoms with van der Waals surface area (Å²) in [4.78, 5) is 1.44. The summed E-state index contributed by atoms with van der Waals surface area (Å²) in [6.07, 6.45) is 2.29. The van der Waals surface area contributed by atoms with E-state index in [2.05, 4.69) is 54.7 Å². The summed E-state index contributed by atoms with van der Waals surface area (Å²) >= 11 is 0.262. The number of hydrogen-bond acceptors (Lipinski definition) is 1. The molecule has 0 aliphatic rings. The molecule has 0 N–H and O–H groups in total. The van der Waals surface area contributed by atoms with Crippen molar-refractivity contribution in [3.05, 3.63) is 30.3 Å². The lowest BCUT2D eigenvalue weighted by atomic mass is 10.3. The first-order valence-corrected chi connectivity index (χ1v) is 7.22. The van der Waals surface area contributed by atoms with Gasteiger partial charge in [0.15, 0.2) is 4.90 Å². The number of halogens is 4. The van der Waals surface area contributed by atoms with Gasteiger partial charge in [0.1, 0.15) is 17.3 Å². The summed E-state index contributed by atoms with van der Waals surface area (Å²) in [6, 6.07) is 10.7. The van der Waals surface area contributed by atoms with Crippen molar-refractivity contribution in [3.63, 3.8) is 0 Å². The summed E-state index contributed by atoms with van der Waals surface area (Å²) in [7, 11) is -6.00. The average Bonchev–Trinajstić information content (AvgIpc) is 2.29. The van der Waals surface area contributed by atoms with Crippen LogP contribution in [0.25, 0.3) is 0 Å².